The number of benzene rings is 1. The number of aromatic nitrogens is 1. The van der Waals surface area contributed by atoms with Crippen molar-refractivity contribution in [1.82, 2.24) is 4.98 Å². The van der Waals surface area contributed by atoms with E-state index in [1.807, 2.05) is 25.2 Å². The average Bonchev–Trinajstić information content (AvgIpc) is 2.96. The van der Waals surface area contributed by atoms with Crippen molar-refractivity contribution in [1.29, 1.82) is 0 Å². The zero-order valence-electron chi connectivity index (χ0n) is 12.6. The van der Waals surface area contributed by atoms with Gasteiger partial charge in [0.2, 0.25) is 5.91 Å². The molecule has 116 valence electrons. The van der Waals surface area contributed by atoms with Crippen LogP contribution < -0.4 is 20.1 Å². The molecule has 22 heavy (non-hydrogen) atoms. The summed E-state index contributed by atoms with van der Waals surface area (Å²) in [5.41, 5.74) is 0.964. The van der Waals surface area contributed by atoms with E-state index in [9.17, 15) is 4.79 Å². The largest absolute Gasteiger partial charge is 0.497 e. The molecule has 0 saturated carbocycles. The number of carbonyl (C=O) groups is 1. The lowest BCUT2D eigenvalue weighted by atomic mass is 9.90. The minimum Gasteiger partial charge on any atom is -0.497 e. The van der Waals surface area contributed by atoms with E-state index in [0.717, 1.165) is 21.3 Å². The first-order valence-electron chi connectivity index (χ1n) is 6.86. The van der Waals surface area contributed by atoms with Crippen LogP contribution in [0.1, 0.15) is 22.8 Å². The Balaban J connectivity index is 2.08. The van der Waals surface area contributed by atoms with E-state index in [2.05, 4.69) is 15.6 Å². The van der Waals surface area contributed by atoms with Gasteiger partial charge in [0.1, 0.15) is 17.3 Å². The van der Waals surface area contributed by atoms with Crippen LogP contribution in [0.25, 0.3) is 0 Å². The van der Waals surface area contributed by atoms with Crippen LogP contribution in [0.5, 0.6) is 11.5 Å². The molecule has 0 spiro atoms. The van der Waals surface area contributed by atoms with Gasteiger partial charge in [-0.15, -0.1) is 0 Å². The number of methoxy groups -OCH3 is 2. The number of thiazole rings is 1. The summed E-state index contributed by atoms with van der Waals surface area (Å²) >= 11 is 1.55. The minimum absolute atomic E-state index is 0.0386. The van der Waals surface area contributed by atoms with Crippen molar-refractivity contribution >= 4 is 28.2 Å². The second-order valence-corrected chi connectivity index (χ2v) is 5.93. The van der Waals surface area contributed by atoms with Crippen LogP contribution in [0.2, 0.25) is 0 Å². The smallest absolute Gasteiger partial charge is 0.226 e. The number of nitrogens with one attached hydrogen (secondary N) is 2. The van der Waals surface area contributed by atoms with Crippen molar-refractivity contribution in [2.24, 2.45) is 0 Å². The Morgan fingerprint density at radius 2 is 2.18 bits per heavy atom. The quantitative estimate of drug-likeness (QED) is 0.906. The molecule has 1 atom stereocenters. The molecule has 0 unspecified atom stereocenters. The van der Waals surface area contributed by atoms with Crippen molar-refractivity contribution in [3.63, 3.8) is 0 Å². The van der Waals surface area contributed by atoms with Crippen molar-refractivity contribution in [3.8, 4) is 11.5 Å². The number of carbonyl (C=O) groups excluding carboxylic acids is 1. The highest BCUT2D eigenvalue weighted by Crippen LogP contribution is 2.45. The average molecular weight is 319 g/mol. The summed E-state index contributed by atoms with van der Waals surface area (Å²) in [7, 11) is 5.05. The van der Waals surface area contributed by atoms with Gasteiger partial charge in [-0.25, -0.2) is 4.98 Å². The first-order chi connectivity index (χ1) is 10.7. The van der Waals surface area contributed by atoms with Crippen LogP contribution in [-0.2, 0) is 4.79 Å². The summed E-state index contributed by atoms with van der Waals surface area (Å²) in [6.07, 6.45) is 0.376. The maximum atomic E-state index is 12.0. The fourth-order valence-corrected chi connectivity index (χ4v) is 3.58. The molecule has 2 N–H and O–H groups in total. The Bertz CT molecular complexity index is 714. The van der Waals surface area contributed by atoms with Gasteiger partial charge >= 0.3 is 0 Å². The predicted octanol–water partition coefficient (Wildman–Crippen LogP) is 2.68. The number of hydrogen-bond acceptors (Lipinski definition) is 6. The molecule has 1 amide bonds. The summed E-state index contributed by atoms with van der Waals surface area (Å²) in [5, 5.41) is 6.63. The van der Waals surface area contributed by atoms with E-state index in [1.54, 1.807) is 25.6 Å². The summed E-state index contributed by atoms with van der Waals surface area (Å²) in [6, 6.07) is 5.66. The molecule has 0 aliphatic carbocycles. The second kappa shape index (κ2) is 5.84. The molecule has 1 aliphatic heterocycles. The molecule has 1 aromatic carbocycles. The van der Waals surface area contributed by atoms with Crippen molar-refractivity contribution in [2.75, 3.05) is 31.9 Å². The van der Waals surface area contributed by atoms with Crippen LogP contribution >= 0.6 is 11.3 Å². The van der Waals surface area contributed by atoms with Crippen molar-refractivity contribution in [2.45, 2.75) is 12.3 Å². The van der Waals surface area contributed by atoms with Crippen molar-refractivity contribution in [3.05, 3.63) is 28.6 Å². The number of anilines is 2. The molecule has 1 aromatic heterocycles. The summed E-state index contributed by atoms with van der Waals surface area (Å²) in [6.45, 7) is 0. The number of hydrogen-bond donors (Lipinski definition) is 2. The molecule has 3 rings (SSSR count). The lowest BCUT2D eigenvalue weighted by Crippen LogP contribution is -2.22. The van der Waals surface area contributed by atoms with Gasteiger partial charge in [-0.2, -0.15) is 0 Å². The van der Waals surface area contributed by atoms with Crippen LogP contribution in [0.3, 0.4) is 0 Å². The zero-order valence-corrected chi connectivity index (χ0v) is 13.4. The number of fused-ring (bicyclic) bond motifs is 1. The van der Waals surface area contributed by atoms with Gasteiger partial charge in [0, 0.05) is 31.0 Å². The van der Waals surface area contributed by atoms with Gasteiger partial charge < -0.3 is 20.1 Å². The molecule has 0 saturated heterocycles. The van der Waals surface area contributed by atoms with Crippen LogP contribution in [0.15, 0.2) is 18.2 Å². The van der Waals surface area contributed by atoms with E-state index in [4.69, 9.17) is 9.47 Å². The Morgan fingerprint density at radius 1 is 1.36 bits per heavy atom. The van der Waals surface area contributed by atoms with Gasteiger partial charge in [0.15, 0.2) is 5.13 Å². The molecule has 2 aromatic rings. The third kappa shape index (κ3) is 2.48. The highest BCUT2D eigenvalue weighted by molar-refractivity contribution is 7.16. The molecule has 0 bridgehead atoms. The van der Waals surface area contributed by atoms with Gasteiger partial charge in [-0.1, -0.05) is 17.4 Å². The Hall–Kier alpha value is -2.28. The minimum atomic E-state index is -0.0655. The van der Waals surface area contributed by atoms with Crippen LogP contribution in [-0.4, -0.2) is 32.2 Å². The predicted molar refractivity (Wildman–Crippen MR) is 86.3 cm³/mol. The Labute approximate surface area is 132 Å². The zero-order chi connectivity index (χ0) is 15.7. The van der Waals surface area contributed by atoms with E-state index in [1.165, 1.54) is 0 Å². The first kappa shape index (κ1) is 14.6. The SMILES string of the molecule is CNc1nc2c(s1)[C@H](c1ccc(OC)cc1OC)CC(=O)N2. The van der Waals surface area contributed by atoms with Crippen molar-refractivity contribution < 1.29 is 14.3 Å². The molecule has 0 fully saturated rings. The first-order valence-corrected chi connectivity index (χ1v) is 7.68. The van der Waals surface area contributed by atoms with E-state index < -0.39 is 0 Å². The van der Waals surface area contributed by atoms with Gasteiger partial charge in [-0.05, 0) is 6.07 Å². The van der Waals surface area contributed by atoms with E-state index >= 15 is 0 Å². The number of rotatable bonds is 4. The standard InChI is InChI=1S/C15H17N3O3S/c1-16-15-18-14-13(22-15)10(7-12(19)17-14)9-5-4-8(20-2)6-11(9)21-3/h4-6,10H,7H2,1-3H3,(H,16,18)(H,17,19)/t10-/m0/s1. The lowest BCUT2D eigenvalue weighted by molar-refractivity contribution is -0.116. The molecule has 7 heteroatoms. The Kier molecular flexibility index (Phi) is 3.89. The number of ether oxygens (including phenoxy) is 2. The van der Waals surface area contributed by atoms with E-state index in [0.29, 0.717) is 18.0 Å². The number of nitrogens with zero attached hydrogens (tertiary/aromatic N) is 1. The molecule has 6 nitrogen and oxygen atoms in total. The lowest BCUT2D eigenvalue weighted by Gasteiger charge is -2.23. The van der Waals surface area contributed by atoms with Gasteiger partial charge in [0.05, 0.1) is 19.1 Å². The molecule has 0 radical (unpaired) electrons. The number of amides is 1. The Morgan fingerprint density at radius 3 is 2.86 bits per heavy atom. The fourth-order valence-electron chi connectivity index (χ4n) is 2.58. The highest BCUT2D eigenvalue weighted by Gasteiger charge is 2.32. The third-order valence-electron chi connectivity index (χ3n) is 3.65. The van der Waals surface area contributed by atoms with Crippen LogP contribution in [0, 0.1) is 0 Å². The molecule has 1 aliphatic rings. The molecular weight excluding hydrogens is 302 g/mol. The summed E-state index contributed by atoms with van der Waals surface area (Å²) in [5.74, 6) is 1.96. The van der Waals surface area contributed by atoms with Gasteiger partial charge in [0.25, 0.3) is 0 Å². The molecule has 2 heterocycles. The normalized spacial score (nSPS) is 16.7. The maximum absolute atomic E-state index is 12.0. The summed E-state index contributed by atoms with van der Waals surface area (Å²) in [4.78, 5) is 17.4. The maximum Gasteiger partial charge on any atom is 0.226 e. The van der Waals surface area contributed by atoms with Crippen LogP contribution in [0.4, 0.5) is 10.9 Å². The topological polar surface area (TPSA) is 72.5 Å². The molecular formula is C15H17N3O3S. The van der Waals surface area contributed by atoms with Gasteiger partial charge in [-0.3, -0.25) is 4.79 Å². The van der Waals surface area contributed by atoms with E-state index in [-0.39, 0.29) is 11.8 Å². The second-order valence-electron chi connectivity index (χ2n) is 4.89. The monoisotopic (exact) mass is 319 g/mol. The highest BCUT2D eigenvalue weighted by atomic mass is 32.1. The fraction of sp³-hybridized carbons (Fsp3) is 0.333. The summed E-state index contributed by atoms with van der Waals surface area (Å²) < 4.78 is 10.7. The third-order valence-corrected chi connectivity index (χ3v) is 4.83.